The van der Waals surface area contributed by atoms with Crippen LogP contribution in [0.25, 0.3) is 49.8 Å². The average Bonchev–Trinajstić information content (AvgIpc) is 3.73. The van der Waals surface area contributed by atoms with Crippen LogP contribution in [0.15, 0.2) is 174 Å². The van der Waals surface area contributed by atoms with Gasteiger partial charge in [0.1, 0.15) is 5.58 Å². The number of anilines is 3. The molecule has 1 heterocycles. The van der Waals surface area contributed by atoms with Crippen LogP contribution in [-0.4, -0.2) is 0 Å². The molecule has 55 heavy (non-hydrogen) atoms. The number of fused-ring (bicyclic) bond motifs is 7. The first kappa shape index (κ1) is 34.6. The Labute approximate surface area is 325 Å². The van der Waals surface area contributed by atoms with Crippen LogP contribution in [0, 0.1) is 0 Å². The normalized spacial score (nSPS) is 14.6. The standard InChI is InChI=1S/C53H47NO/c1-4-5-6-7-8-11-19-37-28-30-42(31-29-37)54(43-35-40(38-20-12-9-13-21-38)34-41(36-43)39-22-14-10-15-23-39)49-27-18-25-44-45-32-33-48-50(52(45)55-51(44)49)46-24-16-17-26-47(46)53(48,2)3/h6-9,11-14,16-18,20-36H,4-5,10,15,19H2,1-3H3/b7-6-,11-8-. The van der Waals surface area contributed by atoms with Crippen LogP contribution < -0.4 is 4.90 Å². The maximum atomic E-state index is 7.20. The minimum atomic E-state index is -0.104. The predicted molar refractivity (Wildman–Crippen MR) is 235 cm³/mol. The third-order valence-corrected chi connectivity index (χ3v) is 11.4. The topological polar surface area (TPSA) is 16.4 Å². The van der Waals surface area contributed by atoms with Crippen LogP contribution in [-0.2, 0) is 11.8 Å². The molecule has 0 bridgehead atoms. The molecule has 0 spiro atoms. The van der Waals surface area contributed by atoms with Gasteiger partial charge < -0.3 is 9.32 Å². The number of allylic oxidation sites excluding steroid dienone is 8. The number of furan rings is 1. The molecule has 0 saturated carbocycles. The molecule has 0 fully saturated rings. The lowest BCUT2D eigenvalue weighted by molar-refractivity contribution is 0.653. The molecular formula is C53H47NO. The van der Waals surface area contributed by atoms with Crippen molar-refractivity contribution in [3.8, 4) is 22.3 Å². The van der Waals surface area contributed by atoms with Gasteiger partial charge in [-0.15, -0.1) is 0 Å². The van der Waals surface area contributed by atoms with E-state index in [9.17, 15) is 0 Å². The summed E-state index contributed by atoms with van der Waals surface area (Å²) in [6.45, 7) is 6.87. The average molecular weight is 714 g/mol. The highest BCUT2D eigenvalue weighted by Gasteiger charge is 2.37. The first-order chi connectivity index (χ1) is 27.0. The molecule has 0 saturated heterocycles. The van der Waals surface area contributed by atoms with E-state index in [-0.39, 0.29) is 5.41 Å². The minimum absolute atomic E-state index is 0.104. The Morgan fingerprint density at radius 3 is 2.25 bits per heavy atom. The quantitative estimate of drug-likeness (QED) is 0.131. The van der Waals surface area contributed by atoms with Gasteiger partial charge in [0.05, 0.1) is 5.69 Å². The van der Waals surface area contributed by atoms with Crippen LogP contribution in [0.2, 0.25) is 0 Å². The van der Waals surface area contributed by atoms with E-state index >= 15 is 0 Å². The van der Waals surface area contributed by atoms with E-state index in [1.807, 2.05) is 0 Å². The van der Waals surface area contributed by atoms with Gasteiger partial charge in [-0.3, -0.25) is 0 Å². The summed E-state index contributed by atoms with van der Waals surface area (Å²) in [6.07, 6.45) is 21.0. The van der Waals surface area contributed by atoms with Crippen molar-refractivity contribution < 1.29 is 4.42 Å². The lowest BCUT2D eigenvalue weighted by atomic mass is 9.82. The van der Waals surface area contributed by atoms with Gasteiger partial charge in [-0.05, 0) is 107 Å². The third kappa shape index (κ3) is 6.36. The van der Waals surface area contributed by atoms with Crippen LogP contribution >= 0.6 is 0 Å². The van der Waals surface area contributed by atoms with Gasteiger partial charge in [0.2, 0.25) is 0 Å². The van der Waals surface area contributed by atoms with Gasteiger partial charge in [-0.2, -0.15) is 0 Å². The Hall–Kier alpha value is -6.12. The van der Waals surface area contributed by atoms with Crippen molar-refractivity contribution in [2.45, 2.75) is 58.3 Å². The molecule has 0 N–H and O–H groups in total. The molecule has 6 aromatic carbocycles. The monoisotopic (exact) mass is 713 g/mol. The van der Waals surface area contributed by atoms with Crippen molar-refractivity contribution in [2.75, 3.05) is 4.90 Å². The smallest absolute Gasteiger partial charge is 0.159 e. The SMILES string of the molecule is CCC/C=C\C=C/Cc1ccc(N(c2cc(C3=CCCC=C3)cc(-c3ccccc3)c2)c2cccc3c2oc2c4c(ccc23)C(C)(C)c2ccccc2-4)cc1. The summed E-state index contributed by atoms with van der Waals surface area (Å²) in [5.41, 5.74) is 16.2. The zero-order valence-electron chi connectivity index (χ0n) is 32.1. The molecule has 2 aliphatic rings. The largest absolute Gasteiger partial charge is 0.453 e. The second kappa shape index (κ2) is 14.6. The zero-order chi connectivity index (χ0) is 37.4. The molecule has 0 radical (unpaired) electrons. The molecule has 1 aromatic heterocycles. The second-order valence-corrected chi connectivity index (χ2v) is 15.4. The highest BCUT2D eigenvalue weighted by Crippen LogP contribution is 2.53. The van der Waals surface area contributed by atoms with Crippen molar-refractivity contribution in [1.29, 1.82) is 0 Å². The Kier molecular flexibility index (Phi) is 9.20. The summed E-state index contributed by atoms with van der Waals surface area (Å²) < 4.78 is 7.20. The van der Waals surface area contributed by atoms with E-state index in [2.05, 4.69) is 196 Å². The number of nitrogens with zero attached hydrogens (tertiary/aromatic N) is 1. The van der Waals surface area contributed by atoms with E-state index in [1.165, 1.54) is 56.5 Å². The summed E-state index contributed by atoms with van der Waals surface area (Å²) in [7, 11) is 0. The molecule has 0 amide bonds. The molecule has 270 valence electrons. The molecule has 2 aliphatic carbocycles. The first-order valence-electron chi connectivity index (χ1n) is 19.9. The zero-order valence-corrected chi connectivity index (χ0v) is 32.1. The van der Waals surface area contributed by atoms with E-state index in [4.69, 9.17) is 4.42 Å². The fraction of sp³-hybridized carbons (Fsp3) is 0.170. The third-order valence-electron chi connectivity index (χ3n) is 11.4. The lowest BCUT2D eigenvalue weighted by Gasteiger charge is -2.27. The van der Waals surface area contributed by atoms with E-state index in [0.29, 0.717) is 0 Å². The molecule has 2 nitrogen and oxygen atoms in total. The maximum Gasteiger partial charge on any atom is 0.159 e. The minimum Gasteiger partial charge on any atom is -0.453 e. The van der Waals surface area contributed by atoms with Crippen molar-refractivity contribution >= 4 is 44.6 Å². The summed E-state index contributed by atoms with van der Waals surface area (Å²) >= 11 is 0. The van der Waals surface area contributed by atoms with Gasteiger partial charge in [0.25, 0.3) is 0 Å². The molecule has 2 heteroatoms. The van der Waals surface area contributed by atoms with Crippen LogP contribution in [0.5, 0.6) is 0 Å². The van der Waals surface area contributed by atoms with Gasteiger partial charge in [-0.25, -0.2) is 0 Å². The summed E-state index contributed by atoms with van der Waals surface area (Å²) in [4.78, 5) is 2.40. The van der Waals surface area contributed by atoms with Crippen molar-refractivity contribution in [3.63, 3.8) is 0 Å². The second-order valence-electron chi connectivity index (χ2n) is 15.4. The molecule has 0 atom stereocenters. The van der Waals surface area contributed by atoms with Crippen molar-refractivity contribution in [3.05, 3.63) is 192 Å². The van der Waals surface area contributed by atoms with Gasteiger partial charge in [-0.1, -0.05) is 161 Å². The number of unbranched alkanes of at least 4 members (excludes halogenated alkanes) is 1. The van der Waals surface area contributed by atoms with Gasteiger partial charge in [0, 0.05) is 33.1 Å². The van der Waals surface area contributed by atoms with E-state index in [0.717, 1.165) is 64.7 Å². The Morgan fingerprint density at radius 1 is 0.655 bits per heavy atom. The number of para-hydroxylation sites is 1. The summed E-state index contributed by atoms with van der Waals surface area (Å²) in [6, 6.07) is 46.9. The predicted octanol–water partition coefficient (Wildman–Crippen LogP) is 15.2. The Morgan fingerprint density at radius 2 is 1.44 bits per heavy atom. The molecule has 0 unspecified atom stereocenters. The summed E-state index contributed by atoms with van der Waals surface area (Å²) in [5.74, 6) is 0. The van der Waals surface area contributed by atoms with E-state index in [1.54, 1.807) is 0 Å². The number of benzene rings is 6. The van der Waals surface area contributed by atoms with Crippen LogP contribution in [0.1, 0.15) is 68.7 Å². The van der Waals surface area contributed by atoms with Gasteiger partial charge in [0.15, 0.2) is 5.58 Å². The fourth-order valence-electron chi connectivity index (χ4n) is 8.57. The lowest BCUT2D eigenvalue weighted by Crippen LogP contribution is -2.14. The summed E-state index contributed by atoms with van der Waals surface area (Å²) in [5, 5.41) is 2.27. The number of hydrogen-bond donors (Lipinski definition) is 0. The molecule has 0 aliphatic heterocycles. The van der Waals surface area contributed by atoms with Crippen LogP contribution in [0.4, 0.5) is 17.1 Å². The molecular weight excluding hydrogens is 667 g/mol. The number of hydrogen-bond acceptors (Lipinski definition) is 2. The van der Waals surface area contributed by atoms with Crippen molar-refractivity contribution in [1.82, 2.24) is 0 Å². The van der Waals surface area contributed by atoms with Crippen LogP contribution in [0.3, 0.4) is 0 Å². The molecule has 7 aromatic rings. The fourth-order valence-corrected chi connectivity index (χ4v) is 8.57. The molecule has 9 rings (SSSR count). The van der Waals surface area contributed by atoms with Crippen molar-refractivity contribution in [2.24, 2.45) is 0 Å². The first-order valence-corrected chi connectivity index (χ1v) is 19.9. The highest BCUT2D eigenvalue weighted by atomic mass is 16.3. The number of rotatable bonds is 10. The maximum absolute atomic E-state index is 7.20. The highest BCUT2D eigenvalue weighted by molar-refractivity contribution is 6.15. The Balaban J connectivity index is 1.24. The van der Waals surface area contributed by atoms with Gasteiger partial charge >= 0.3 is 0 Å². The van der Waals surface area contributed by atoms with E-state index < -0.39 is 0 Å². The Bertz CT molecular complexity index is 2650.